The van der Waals surface area contributed by atoms with Crippen LogP contribution < -0.4 is 10.2 Å². The van der Waals surface area contributed by atoms with Gasteiger partial charge in [0.1, 0.15) is 11.6 Å². The Morgan fingerprint density at radius 2 is 1.67 bits per heavy atom. The van der Waals surface area contributed by atoms with E-state index in [9.17, 15) is 9.59 Å². The smallest absolute Gasteiger partial charge is 0.229 e. The van der Waals surface area contributed by atoms with E-state index in [1.54, 1.807) is 0 Å². The molecule has 158 valence electrons. The summed E-state index contributed by atoms with van der Waals surface area (Å²) in [6.07, 6.45) is 2.51. The normalized spacial score (nSPS) is 17.9. The lowest BCUT2D eigenvalue weighted by atomic mass is 9.87. The fraction of sp³-hybridized carbons (Fsp3) is 0.478. The van der Waals surface area contributed by atoms with Crippen molar-refractivity contribution < 1.29 is 9.59 Å². The van der Waals surface area contributed by atoms with Gasteiger partial charge < -0.3 is 15.1 Å². The van der Waals surface area contributed by atoms with Gasteiger partial charge in [-0.05, 0) is 38.8 Å². The van der Waals surface area contributed by atoms with Crippen molar-refractivity contribution in [2.75, 3.05) is 36.4 Å². The lowest BCUT2D eigenvalue weighted by Crippen LogP contribution is -2.51. The number of hydrogen-bond acceptors (Lipinski definition) is 6. The van der Waals surface area contributed by atoms with Crippen LogP contribution in [-0.2, 0) is 9.59 Å². The number of aryl methyl sites for hydroxylation is 2. The molecule has 1 saturated heterocycles. The number of ketones is 1. The number of nitrogens with one attached hydrogen (secondary N) is 1. The first-order valence-corrected chi connectivity index (χ1v) is 10.7. The maximum Gasteiger partial charge on any atom is 0.229 e. The molecule has 1 aromatic heterocycles. The zero-order chi connectivity index (χ0) is 21.1. The maximum absolute atomic E-state index is 12.8. The van der Waals surface area contributed by atoms with Crippen LogP contribution in [-0.4, -0.2) is 52.7 Å². The van der Waals surface area contributed by atoms with Gasteiger partial charge in [-0.25, -0.2) is 4.98 Å². The molecule has 0 spiro atoms. The summed E-state index contributed by atoms with van der Waals surface area (Å²) in [6, 6.07) is 10.1. The fourth-order valence-corrected chi connectivity index (χ4v) is 4.14. The molecule has 1 aromatic carbocycles. The molecule has 0 atom stereocenters. The topological polar surface area (TPSA) is 78.4 Å². The standard InChI is InChI=1S/C23H29N5O2/c1-16-3-7-19(8-4-16)25-23-24-17(2)15-21(26-23)27-11-13-28(14-12-27)22(30)18-5-9-20(29)10-6-18/h3-4,7-8,15,18H,5-6,9-14H2,1-2H3,(H,24,25,26). The summed E-state index contributed by atoms with van der Waals surface area (Å²) < 4.78 is 0. The van der Waals surface area contributed by atoms with Gasteiger partial charge in [0.05, 0.1) is 0 Å². The zero-order valence-corrected chi connectivity index (χ0v) is 17.7. The molecule has 1 saturated carbocycles. The minimum atomic E-state index is 0.0147. The van der Waals surface area contributed by atoms with E-state index in [1.165, 1.54) is 5.56 Å². The molecule has 1 N–H and O–H groups in total. The first kappa shape index (κ1) is 20.3. The number of hydrogen-bond donors (Lipinski definition) is 1. The molecule has 7 nitrogen and oxygen atoms in total. The molecule has 4 rings (SSSR count). The predicted octanol–water partition coefficient (Wildman–Crippen LogP) is 3.24. The molecule has 1 aliphatic heterocycles. The number of carbonyl (C=O) groups is 2. The minimum Gasteiger partial charge on any atom is -0.353 e. The summed E-state index contributed by atoms with van der Waals surface area (Å²) in [4.78, 5) is 37.6. The summed E-state index contributed by atoms with van der Waals surface area (Å²) in [6.45, 7) is 6.90. The van der Waals surface area contributed by atoms with Crippen LogP contribution >= 0.6 is 0 Å². The maximum atomic E-state index is 12.8. The van der Waals surface area contributed by atoms with Crippen LogP contribution in [0.25, 0.3) is 0 Å². The lowest BCUT2D eigenvalue weighted by molar-refractivity contribution is -0.137. The molecular weight excluding hydrogens is 378 g/mol. The third-order valence-corrected chi connectivity index (χ3v) is 5.96. The minimum absolute atomic E-state index is 0.0147. The molecule has 30 heavy (non-hydrogen) atoms. The van der Waals surface area contributed by atoms with Gasteiger partial charge in [-0.15, -0.1) is 0 Å². The van der Waals surface area contributed by atoms with E-state index in [4.69, 9.17) is 4.98 Å². The molecule has 2 aliphatic rings. The number of nitrogens with zero attached hydrogens (tertiary/aromatic N) is 4. The van der Waals surface area contributed by atoms with Gasteiger partial charge in [0.25, 0.3) is 0 Å². The third kappa shape index (κ3) is 4.78. The van der Waals surface area contributed by atoms with Crippen LogP contribution in [0.4, 0.5) is 17.5 Å². The molecular formula is C23H29N5O2. The second-order valence-electron chi connectivity index (χ2n) is 8.31. The van der Waals surface area contributed by atoms with Crippen molar-refractivity contribution in [1.82, 2.24) is 14.9 Å². The van der Waals surface area contributed by atoms with E-state index in [1.807, 2.05) is 30.0 Å². The molecule has 2 aromatic rings. The highest BCUT2D eigenvalue weighted by atomic mass is 16.2. The Morgan fingerprint density at radius 1 is 1.00 bits per heavy atom. The highest BCUT2D eigenvalue weighted by Gasteiger charge is 2.30. The Balaban J connectivity index is 1.38. The summed E-state index contributed by atoms with van der Waals surface area (Å²) >= 11 is 0. The highest BCUT2D eigenvalue weighted by Crippen LogP contribution is 2.25. The van der Waals surface area contributed by atoms with Crippen LogP contribution in [0.3, 0.4) is 0 Å². The van der Waals surface area contributed by atoms with Crippen LogP contribution in [0.15, 0.2) is 30.3 Å². The molecule has 0 unspecified atom stereocenters. The SMILES string of the molecule is Cc1ccc(Nc2nc(C)cc(N3CCN(C(=O)C4CCC(=O)CC4)CC3)n2)cc1. The lowest BCUT2D eigenvalue weighted by Gasteiger charge is -2.37. The summed E-state index contributed by atoms with van der Waals surface area (Å²) in [5.41, 5.74) is 3.07. The van der Waals surface area contributed by atoms with Crippen LogP contribution in [0, 0.1) is 19.8 Å². The number of rotatable bonds is 4. The van der Waals surface area contributed by atoms with E-state index >= 15 is 0 Å². The Bertz CT molecular complexity index is 910. The zero-order valence-electron chi connectivity index (χ0n) is 17.7. The quantitative estimate of drug-likeness (QED) is 0.838. The van der Waals surface area contributed by atoms with Crippen molar-refractivity contribution in [3.63, 3.8) is 0 Å². The highest BCUT2D eigenvalue weighted by molar-refractivity contribution is 5.84. The Kier molecular flexibility index (Phi) is 5.97. The van der Waals surface area contributed by atoms with Gasteiger partial charge in [-0.3, -0.25) is 9.59 Å². The van der Waals surface area contributed by atoms with E-state index in [-0.39, 0.29) is 17.6 Å². The van der Waals surface area contributed by atoms with Crippen molar-refractivity contribution >= 4 is 29.1 Å². The van der Waals surface area contributed by atoms with Crippen molar-refractivity contribution in [1.29, 1.82) is 0 Å². The average molecular weight is 408 g/mol. The summed E-state index contributed by atoms with van der Waals surface area (Å²) in [7, 11) is 0. The van der Waals surface area contributed by atoms with Crippen LogP contribution in [0.5, 0.6) is 0 Å². The van der Waals surface area contributed by atoms with Crippen molar-refractivity contribution in [3.05, 3.63) is 41.6 Å². The molecule has 0 radical (unpaired) electrons. The number of aromatic nitrogens is 2. The number of Topliss-reactive ketones (excluding diaryl/α,β-unsaturated/α-hetero) is 1. The molecule has 0 bridgehead atoms. The molecule has 7 heteroatoms. The summed E-state index contributed by atoms with van der Waals surface area (Å²) in [5, 5.41) is 3.28. The second-order valence-corrected chi connectivity index (χ2v) is 8.31. The van der Waals surface area contributed by atoms with Crippen molar-refractivity contribution in [3.8, 4) is 0 Å². The summed E-state index contributed by atoms with van der Waals surface area (Å²) in [5.74, 6) is 1.98. The van der Waals surface area contributed by atoms with Gasteiger partial charge >= 0.3 is 0 Å². The first-order chi connectivity index (χ1) is 14.5. The van der Waals surface area contributed by atoms with E-state index in [0.29, 0.717) is 44.7 Å². The monoisotopic (exact) mass is 407 g/mol. The first-order valence-electron chi connectivity index (χ1n) is 10.7. The van der Waals surface area contributed by atoms with Gasteiger partial charge in [0, 0.05) is 62.4 Å². The van der Waals surface area contributed by atoms with Gasteiger partial charge in [0.15, 0.2) is 0 Å². The molecule has 2 heterocycles. The van der Waals surface area contributed by atoms with Gasteiger partial charge in [0.2, 0.25) is 11.9 Å². The second kappa shape index (κ2) is 8.81. The Hall–Kier alpha value is -2.96. The van der Waals surface area contributed by atoms with Gasteiger partial charge in [-0.2, -0.15) is 4.98 Å². The Morgan fingerprint density at radius 3 is 2.33 bits per heavy atom. The predicted molar refractivity (Wildman–Crippen MR) is 117 cm³/mol. The molecule has 1 aliphatic carbocycles. The molecule has 2 fully saturated rings. The largest absolute Gasteiger partial charge is 0.353 e. The number of amides is 1. The number of carbonyl (C=O) groups excluding carboxylic acids is 2. The number of benzene rings is 1. The van der Waals surface area contributed by atoms with Crippen molar-refractivity contribution in [2.24, 2.45) is 5.92 Å². The Labute approximate surface area is 177 Å². The van der Waals surface area contributed by atoms with Gasteiger partial charge in [-0.1, -0.05) is 17.7 Å². The third-order valence-electron chi connectivity index (χ3n) is 5.96. The fourth-order valence-electron chi connectivity index (χ4n) is 4.14. The van der Waals surface area contributed by atoms with E-state index in [0.717, 1.165) is 30.3 Å². The van der Waals surface area contributed by atoms with Crippen LogP contribution in [0.1, 0.15) is 36.9 Å². The van der Waals surface area contributed by atoms with E-state index < -0.39 is 0 Å². The van der Waals surface area contributed by atoms with Crippen LogP contribution in [0.2, 0.25) is 0 Å². The van der Waals surface area contributed by atoms with Crippen molar-refractivity contribution in [2.45, 2.75) is 39.5 Å². The van der Waals surface area contributed by atoms with E-state index in [2.05, 4.69) is 34.3 Å². The number of anilines is 3. The average Bonchev–Trinajstić information content (AvgIpc) is 2.75. The molecule has 1 amide bonds. The number of piperazine rings is 1.